The third kappa shape index (κ3) is 2.30. The van der Waals surface area contributed by atoms with Crippen molar-refractivity contribution in [2.75, 3.05) is 6.54 Å². The summed E-state index contributed by atoms with van der Waals surface area (Å²) in [4.78, 5) is 9.79. The van der Waals surface area contributed by atoms with E-state index in [9.17, 15) is 4.79 Å². The predicted molar refractivity (Wildman–Crippen MR) is 36.2 cm³/mol. The summed E-state index contributed by atoms with van der Waals surface area (Å²) in [6, 6.07) is 1.83. The molecule has 1 aromatic rings. The number of hydrogen-bond acceptors (Lipinski definition) is 2. The van der Waals surface area contributed by atoms with Crippen LogP contribution >= 0.6 is 0 Å². The van der Waals surface area contributed by atoms with Crippen LogP contribution in [0, 0.1) is 0 Å². The highest BCUT2D eigenvalue weighted by molar-refractivity contribution is 5.81. The van der Waals surface area contributed by atoms with E-state index in [1.807, 2.05) is 6.07 Å². The second kappa shape index (κ2) is 3.66. The van der Waals surface area contributed by atoms with Crippen molar-refractivity contribution < 1.29 is 4.79 Å². The van der Waals surface area contributed by atoms with Gasteiger partial charge in [-0.1, -0.05) is 0 Å². The van der Waals surface area contributed by atoms with Crippen molar-refractivity contribution in [3.63, 3.8) is 0 Å². The molecule has 1 saturated heterocycles. The van der Waals surface area contributed by atoms with E-state index in [1.165, 1.54) is 0 Å². The minimum atomic E-state index is 0.185. The summed E-state index contributed by atoms with van der Waals surface area (Å²) in [5.41, 5.74) is 0. The third-order valence-corrected chi connectivity index (χ3v) is 1.08. The number of aromatic amines is 1. The van der Waals surface area contributed by atoms with Gasteiger partial charge in [0, 0.05) is 25.4 Å². The fourth-order valence-electron chi connectivity index (χ4n) is 0.442. The number of rotatable bonds is 0. The van der Waals surface area contributed by atoms with E-state index >= 15 is 0 Å². The topological polar surface area (TPSA) is 57.8 Å². The van der Waals surface area contributed by atoms with E-state index in [0.717, 1.165) is 13.0 Å². The van der Waals surface area contributed by atoms with Crippen molar-refractivity contribution in [2.45, 2.75) is 6.42 Å². The maximum absolute atomic E-state index is 9.79. The van der Waals surface area contributed by atoms with Crippen LogP contribution in [0.25, 0.3) is 0 Å². The van der Waals surface area contributed by atoms with Crippen LogP contribution in [-0.4, -0.2) is 22.6 Å². The smallest absolute Gasteiger partial charge is 0.221 e. The first-order valence-electron chi connectivity index (χ1n) is 3.10. The summed E-state index contributed by atoms with van der Waals surface area (Å²) in [6.07, 6.45) is 4.19. The van der Waals surface area contributed by atoms with Crippen LogP contribution in [0.3, 0.4) is 0 Å². The van der Waals surface area contributed by atoms with Gasteiger partial charge in [0.2, 0.25) is 5.91 Å². The van der Waals surface area contributed by atoms with Crippen LogP contribution in [0.15, 0.2) is 18.5 Å². The molecule has 0 spiro atoms. The predicted octanol–water partition coefficient (Wildman–Crippen LogP) is -0.0840. The van der Waals surface area contributed by atoms with Gasteiger partial charge in [0.15, 0.2) is 0 Å². The van der Waals surface area contributed by atoms with Crippen LogP contribution < -0.4 is 5.32 Å². The zero-order valence-corrected chi connectivity index (χ0v) is 5.50. The Morgan fingerprint density at radius 3 is 2.40 bits per heavy atom. The molecule has 0 unspecified atom stereocenters. The van der Waals surface area contributed by atoms with Crippen LogP contribution in [0.1, 0.15) is 6.42 Å². The molecule has 1 aromatic heterocycles. The summed E-state index contributed by atoms with van der Waals surface area (Å²) in [7, 11) is 0. The normalized spacial score (nSPS) is 14.2. The van der Waals surface area contributed by atoms with Gasteiger partial charge in [0.1, 0.15) is 0 Å². The summed E-state index contributed by atoms with van der Waals surface area (Å²) in [5, 5.41) is 8.78. The number of aromatic nitrogens is 2. The maximum Gasteiger partial charge on any atom is 0.221 e. The summed E-state index contributed by atoms with van der Waals surface area (Å²) in [5.74, 6) is 0.185. The largest absolute Gasteiger partial charge is 0.356 e. The highest BCUT2D eigenvalue weighted by Gasteiger charge is 2.07. The van der Waals surface area contributed by atoms with Gasteiger partial charge in [-0.05, 0) is 6.07 Å². The Kier molecular flexibility index (Phi) is 2.49. The Hall–Kier alpha value is -1.32. The fraction of sp³-hybridized carbons (Fsp3) is 0.333. The number of hydrogen-bond donors (Lipinski definition) is 2. The average molecular weight is 139 g/mol. The van der Waals surface area contributed by atoms with Gasteiger partial charge in [-0.3, -0.25) is 9.89 Å². The van der Waals surface area contributed by atoms with E-state index in [-0.39, 0.29) is 5.91 Å². The van der Waals surface area contributed by atoms with Crippen molar-refractivity contribution >= 4 is 5.91 Å². The molecule has 4 heteroatoms. The van der Waals surface area contributed by atoms with Crippen LogP contribution in [0.5, 0.6) is 0 Å². The molecule has 0 aromatic carbocycles. The van der Waals surface area contributed by atoms with Crippen LogP contribution in [-0.2, 0) is 4.79 Å². The van der Waals surface area contributed by atoms with Gasteiger partial charge in [-0.25, -0.2) is 0 Å². The summed E-state index contributed by atoms with van der Waals surface area (Å²) >= 11 is 0. The highest BCUT2D eigenvalue weighted by Crippen LogP contribution is 1.85. The molecule has 1 amide bonds. The molecule has 0 atom stereocenters. The lowest BCUT2D eigenvalue weighted by molar-refractivity contribution is -0.125. The van der Waals surface area contributed by atoms with Gasteiger partial charge in [-0.15, -0.1) is 0 Å². The lowest BCUT2D eigenvalue weighted by Gasteiger charge is -2.10. The molecule has 2 heterocycles. The molecule has 1 aliphatic heterocycles. The molecule has 0 saturated carbocycles. The third-order valence-electron chi connectivity index (χ3n) is 1.08. The zero-order valence-electron chi connectivity index (χ0n) is 5.50. The number of carbonyl (C=O) groups is 1. The number of amides is 1. The molecular formula is C6H9N3O. The van der Waals surface area contributed by atoms with Crippen molar-refractivity contribution in [1.29, 1.82) is 0 Å². The number of nitrogens with one attached hydrogen (secondary N) is 2. The fourth-order valence-corrected chi connectivity index (χ4v) is 0.442. The first-order valence-corrected chi connectivity index (χ1v) is 3.10. The molecule has 4 nitrogen and oxygen atoms in total. The highest BCUT2D eigenvalue weighted by atomic mass is 16.2. The molecule has 10 heavy (non-hydrogen) atoms. The Labute approximate surface area is 58.6 Å². The molecule has 1 aliphatic rings. The van der Waals surface area contributed by atoms with Crippen molar-refractivity contribution in [1.82, 2.24) is 15.5 Å². The van der Waals surface area contributed by atoms with Gasteiger partial charge in [0.05, 0.1) is 0 Å². The number of nitrogens with zero attached hydrogens (tertiary/aromatic N) is 1. The first kappa shape index (κ1) is 6.80. The maximum atomic E-state index is 9.79. The van der Waals surface area contributed by atoms with Crippen molar-refractivity contribution in [2.24, 2.45) is 0 Å². The molecule has 0 radical (unpaired) electrons. The van der Waals surface area contributed by atoms with Gasteiger partial charge in [-0.2, -0.15) is 5.10 Å². The molecule has 0 bridgehead atoms. The molecule has 0 aliphatic carbocycles. The van der Waals surface area contributed by atoms with E-state index in [2.05, 4.69) is 15.5 Å². The summed E-state index contributed by atoms with van der Waals surface area (Å²) in [6.45, 7) is 0.888. The summed E-state index contributed by atoms with van der Waals surface area (Å²) < 4.78 is 0. The Morgan fingerprint density at radius 2 is 2.30 bits per heavy atom. The molecule has 2 N–H and O–H groups in total. The number of β-lactam (4-membered cyclic amide) rings is 1. The van der Waals surface area contributed by atoms with Gasteiger partial charge in [0.25, 0.3) is 0 Å². The van der Waals surface area contributed by atoms with E-state index in [1.54, 1.807) is 12.4 Å². The Morgan fingerprint density at radius 1 is 1.60 bits per heavy atom. The lowest BCUT2D eigenvalue weighted by Crippen LogP contribution is -2.37. The second-order valence-electron chi connectivity index (χ2n) is 1.87. The Bertz CT molecular complexity index is 160. The van der Waals surface area contributed by atoms with Gasteiger partial charge < -0.3 is 5.32 Å². The van der Waals surface area contributed by atoms with Gasteiger partial charge >= 0.3 is 0 Å². The number of carbonyl (C=O) groups excluding carboxylic acids is 1. The van der Waals surface area contributed by atoms with Crippen molar-refractivity contribution in [3.8, 4) is 0 Å². The Balaban J connectivity index is 0.0000001000. The van der Waals surface area contributed by atoms with Crippen molar-refractivity contribution in [3.05, 3.63) is 18.5 Å². The molecule has 1 fully saturated rings. The molecular weight excluding hydrogens is 130 g/mol. The van der Waals surface area contributed by atoms with E-state index in [4.69, 9.17) is 0 Å². The van der Waals surface area contributed by atoms with Crippen LogP contribution in [0.2, 0.25) is 0 Å². The monoisotopic (exact) mass is 139 g/mol. The van der Waals surface area contributed by atoms with E-state index in [0.29, 0.717) is 0 Å². The quantitative estimate of drug-likeness (QED) is 0.494. The minimum absolute atomic E-state index is 0.185. The first-order chi connectivity index (χ1) is 4.89. The van der Waals surface area contributed by atoms with Crippen LogP contribution in [0.4, 0.5) is 0 Å². The lowest BCUT2D eigenvalue weighted by atomic mass is 10.3. The second-order valence-corrected chi connectivity index (χ2v) is 1.87. The number of H-pyrrole nitrogens is 1. The standard InChI is InChI=1S/C3H4N2.C3H5NO/c1-2-4-5-3-1;5-3-1-2-4-3/h1-3H,(H,4,5);1-2H2,(H,4,5). The SMILES string of the molecule is O=C1CCN1.c1cn[nH]c1. The molecule has 54 valence electrons. The zero-order chi connectivity index (χ0) is 7.23. The minimum Gasteiger partial charge on any atom is -0.356 e. The molecule has 2 rings (SSSR count). The van der Waals surface area contributed by atoms with E-state index < -0.39 is 0 Å². The average Bonchev–Trinajstić information content (AvgIpc) is 2.38.